The van der Waals surface area contributed by atoms with E-state index in [9.17, 15) is 0 Å². The predicted molar refractivity (Wildman–Crippen MR) is 82.9 cm³/mol. The summed E-state index contributed by atoms with van der Waals surface area (Å²) in [6.45, 7) is 7.91. The minimum atomic E-state index is 0.199. The van der Waals surface area contributed by atoms with Crippen LogP contribution in [0.1, 0.15) is 64.7 Å². The van der Waals surface area contributed by atoms with Gasteiger partial charge >= 0.3 is 0 Å². The van der Waals surface area contributed by atoms with E-state index in [0.29, 0.717) is 5.92 Å². The van der Waals surface area contributed by atoms with Gasteiger partial charge in [-0.1, -0.05) is 20.8 Å². The average molecular weight is 278 g/mol. The lowest BCUT2D eigenvalue weighted by atomic mass is 9.74. The number of nitrogens with one attached hydrogen (secondary N) is 1. The fourth-order valence-corrected chi connectivity index (χ4v) is 3.60. The van der Waals surface area contributed by atoms with Gasteiger partial charge in [0.15, 0.2) is 0 Å². The number of hydrazine groups is 1. The Balaban J connectivity index is 2.04. The van der Waals surface area contributed by atoms with Gasteiger partial charge in [0.1, 0.15) is 5.82 Å². The quantitative estimate of drug-likeness (QED) is 0.620. The fraction of sp³-hybridized carbons (Fsp3) is 0.812. The molecule has 2 rings (SSSR count). The van der Waals surface area contributed by atoms with E-state index >= 15 is 0 Å². The van der Waals surface area contributed by atoms with Crippen molar-refractivity contribution in [3.63, 3.8) is 0 Å². The summed E-state index contributed by atoms with van der Waals surface area (Å²) in [7, 11) is 0. The van der Waals surface area contributed by atoms with Crippen LogP contribution in [-0.2, 0) is 6.54 Å². The van der Waals surface area contributed by atoms with Crippen LogP contribution in [0.25, 0.3) is 0 Å². The second-order valence-electron chi connectivity index (χ2n) is 6.54. The summed E-state index contributed by atoms with van der Waals surface area (Å²) in [5.74, 6) is 9.28. The van der Waals surface area contributed by atoms with Gasteiger partial charge in [0.2, 0.25) is 0 Å². The van der Waals surface area contributed by atoms with Gasteiger partial charge < -0.3 is 4.57 Å². The van der Waals surface area contributed by atoms with Crippen LogP contribution in [0, 0.1) is 17.8 Å². The molecule has 1 unspecified atom stereocenters. The van der Waals surface area contributed by atoms with Crippen molar-refractivity contribution in [2.45, 2.75) is 65.5 Å². The first kappa shape index (κ1) is 15.5. The van der Waals surface area contributed by atoms with E-state index in [2.05, 4.69) is 41.9 Å². The number of hydrogen-bond acceptors (Lipinski definition) is 3. The van der Waals surface area contributed by atoms with E-state index in [1.54, 1.807) is 0 Å². The van der Waals surface area contributed by atoms with Crippen molar-refractivity contribution in [1.29, 1.82) is 0 Å². The van der Waals surface area contributed by atoms with Crippen molar-refractivity contribution in [2.75, 3.05) is 0 Å². The summed E-state index contributed by atoms with van der Waals surface area (Å²) >= 11 is 0. The fourth-order valence-electron chi connectivity index (χ4n) is 3.60. The second-order valence-corrected chi connectivity index (χ2v) is 6.54. The Bertz CT molecular complexity index is 391. The number of rotatable bonds is 6. The van der Waals surface area contributed by atoms with Gasteiger partial charge in [0, 0.05) is 18.9 Å². The van der Waals surface area contributed by atoms with Gasteiger partial charge in [0.25, 0.3) is 0 Å². The molecule has 1 aliphatic rings. The molecule has 20 heavy (non-hydrogen) atoms. The third-order valence-electron chi connectivity index (χ3n) is 4.90. The average Bonchev–Trinajstić information content (AvgIpc) is 2.89. The molecule has 1 aromatic rings. The molecule has 0 bridgehead atoms. The first-order chi connectivity index (χ1) is 9.67. The Morgan fingerprint density at radius 2 is 1.95 bits per heavy atom. The summed E-state index contributed by atoms with van der Waals surface area (Å²) < 4.78 is 2.25. The van der Waals surface area contributed by atoms with Crippen LogP contribution in [-0.4, -0.2) is 9.55 Å². The number of aryl methyl sites for hydroxylation is 1. The molecule has 114 valence electrons. The van der Waals surface area contributed by atoms with Crippen LogP contribution in [0.5, 0.6) is 0 Å². The largest absolute Gasteiger partial charge is 0.334 e. The molecule has 4 nitrogen and oxygen atoms in total. The maximum atomic E-state index is 5.85. The van der Waals surface area contributed by atoms with E-state index in [-0.39, 0.29) is 6.04 Å². The molecular weight excluding hydrogens is 248 g/mol. The second kappa shape index (κ2) is 7.23. The topological polar surface area (TPSA) is 55.9 Å². The molecule has 1 aliphatic carbocycles. The Morgan fingerprint density at radius 3 is 2.50 bits per heavy atom. The predicted octanol–water partition coefficient (Wildman–Crippen LogP) is 3.26. The SMILES string of the molecule is CCCn1ccnc1C(NN)C1CCC(C(C)C)CC1. The van der Waals surface area contributed by atoms with E-state index in [4.69, 9.17) is 5.84 Å². The van der Waals surface area contributed by atoms with Crippen molar-refractivity contribution in [1.82, 2.24) is 15.0 Å². The molecule has 1 heterocycles. The maximum Gasteiger partial charge on any atom is 0.127 e. The summed E-state index contributed by atoms with van der Waals surface area (Å²) in [5, 5.41) is 0. The van der Waals surface area contributed by atoms with E-state index in [1.165, 1.54) is 25.7 Å². The van der Waals surface area contributed by atoms with Crippen molar-refractivity contribution < 1.29 is 0 Å². The van der Waals surface area contributed by atoms with Crippen molar-refractivity contribution in [3.05, 3.63) is 18.2 Å². The number of nitrogens with two attached hydrogens (primary N) is 1. The van der Waals surface area contributed by atoms with Crippen LogP contribution in [0.15, 0.2) is 12.4 Å². The third-order valence-corrected chi connectivity index (χ3v) is 4.90. The summed E-state index contributed by atoms with van der Waals surface area (Å²) in [4.78, 5) is 4.56. The van der Waals surface area contributed by atoms with Crippen molar-refractivity contribution in [3.8, 4) is 0 Å². The first-order valence-corrected chi connectivity index (χ1v) is 8.14. The molecule has 0 saturated heterocycles. The van der Waals surface area contributed by atoms with Gasteiger partial charge in [-0.25, -0.2) is 10.4 Å². The summed E-state index contributed by atoms with van der Waals surface area (Å²) in [6, 6.07) is 0.199. The Hall–Kier alpha value is -0.870. The lowest BCUT2D eigenvalue weighted by Crippen LogP contribution is -2.37. The molecule has 1 atom stereocenters. The third kappa shape index (κ3) is 3.41. The molecule has 4 heteroatoms. The Morgan fingerprint density at radius 1 is 1.30 bits per heavy atom. The van der Waals surface area contributed by atoms with Crippen LogP contribution in [0.3, 0.4) is 0 Å². The zero-order valence-corrected chi connectivity index (χ0v) is 13.2. The number of hydrogen-bond donors (Lipinski definition) is 2. The molecule has 0 aliphatic heterocycles. The molecular formula is C16H30N4. The molecule has 0 aromatic carbocycles. The van der Waals surface area contributed by atoms with E-state index in [0.717, 1.165) is 30.6 Å². The highest BCUT2D eigenvalue weighted by atomic mass is 15.3. The molecule has 1 aromatic heterocycles. The number of imidazole rings is 1. The summed E-state index contributed by atoms with van der Waals surface area (Å²) in [6.07, 6.45) is 10.3. The molecule has 3 N–H and O–H groups in total. The molecule has 1 fully saturated rings. The van der Waals surface area contributed by atoms with Crippen LogP contribution < -0.4 is 11.3 Å². The lowest BCUT2D eigenvalue weighted by molar-refractivity contribution is 0.184. The minimum Gasteiger partial charge on any atom is -0.334 e. The van der Waals surface area contributed by atoms with Crippen molar-refractivity contribution in [2.24, 2.45) is 23.6 Å². The van der Waals surface area contributed by atoms with E-state index in [1.807, 2.05) is 6.20 Å². The normalized spacial score (nSPS) is 25.1. The minimum absolute atomic E-state index is 0.199. The zero-order valence-electron chi connectivity index (χ0n) is 13.2. The highest BCUT2D eigenvalue weighted by molar-refractivity contribution is 5.02. The first-order valence-electron chi connectivity index (χ1n) is 8.14. The van der Waals surface area contributed by atoms with Crippen LogP contribution >= 0.6 is 0 Å². The zero-order chi connectivity index (χ0) is 14.5. The van der Waals surface area contributed by atoms with Crippen LogP contribution in [0.2, 0.25) is 0 Å². The number of aromatic nitrogens is 2. The Kier molecular flexibility index (Phi) is 5.61. The van der Waals surface area contributed by atoms with Crippen LogP contribution in [0.4, 0.5) is 0 Å². The molecule has 0 radical (unpaired) electrons. The van der Waals surface area contributed by atoms with Gasteiger partial charge in [-0.15, -0.1) is 0 Å². The number of nitrogens with zero attached hydrogens (tertiary/aromatic N) is 2. The molecule has 0 spiro atoms. The van der Waals surface area contributed by atoms with Crippen molar-refractivity contribution >= 4 is 0 Å². The lowest BCUT2D eigenvalue weighted by Gasteiger charge is -2.35. The van der Waals surface area contributed by atoms with E-state index < -0.39 is 0 Å². The Labute approximate surface area is 123 Å². The smallest absolute Gasteiger partial charge is 0.127 e. The van der Waals surface area contributed by atoms with Gasteiger partial charge in [-0.05, 0) is 49.9 Å². The standard InChI is InChI=1S/C16H30N4/c1-4-10-20-11-9-18-16(20)15(19-17)14-7-5-13(6-8-14)12(2)3/h9,11-15,19H,4-8,10,17H2,1-3H3. The highest BCUT2D eigenvalue weighted by Gasteiger charge is 2.31. The molecule has 1 saturated carbocycles. The van der Waals surface area contributed by atoms with Gasteiger partial charge in [-0.2, -0.15) is 0 Å². The maximum absolute atomic E-state index is 5.85. The van der Waals surface area contributed by atoms with Gasteiger partial charge in [0.05, 0.1) is 6.04 Å². The molecule has 0 amide bonds. The summed E-state index contributed by atoms with van der Waals surface area (Å²) in [5.41, 5.74) is 3.03. The van der Waals surface area contributed by atoms with Gasteiger partial charge in [-0.3, -0.25) is 5.84 Å². The monoisotopic (exact) mass is 278 g/mol. The highest BCUT2D eigenvalue weighted by Crippen LogP contribution is 2.38.